The summed E-state index contributed by atoms with van der Waals surface area (Å²) in [7, 11) is 4.52. The molecule has 0 amide bonds. The van der Waals surface area contributed by atoms with Crippen LogP contribution in [-0.4, -0.2) is 68.4 Å². The van der Waals surface area contributed by atoms with Crippen LogP contribution in [0, 0.1) is 0 Å². The standard InChI is InChI=1S/C23H28F3N6O5/c1-22(21(34-3)35-4)20(33)19(17-11-14(27)5-10-18(17)37-22)31(13-32(2)29-12-28-30-32)15-6-8-16(9-7-15)36-23(24,25)26/h5-12,19-21,33H,13,27H2,1-4H3/q+1/t19-,20+,22-,32?/m1/s1. The normalized spacial score (nSPS) is 26.7. The van der Waals surface area contributed by atoms with Gasteiger partial charge in [-0.1, -0.05) is 5.11 Å². The van der Waals surface area contributed by atoms with E-state index < -0.39 is 36.1 Å². The van der Waals surface area contributed by atoms with Crippen molar-refractivity contribution in [3.05, 3.63) is 48.0 Å². The molecule has 2 aliphatic heterocycles. The summed E-state index contributed by atoms with van der Waals surface area (Å²) in [6.07, 6.45) is -5.81. The van der Waals surface area contributed by atoms with Gasteiger partial charge in [0, 0.05) is 31.2 Å². The van der Waals surface area contributed by atoms with E-state index in [1.165, 1.54) is 44.8 Å². The second-order valence-corrected chi connectivity index (χ2v) is 8.95. The minimum atomic E-state index is -4.84. The summed E-state index contributed by atoms with van der Waals surface area (Å²) >= 11 is 0. The molecule has 0 radical (unpaired) electrons. The Balaban J connectivity index is 1.85. The third kappa shape index (κ3) is 5.32. The van der Waals surface area contributed by atoms with Crippen LogP contribution in [0.2, 0.25) is 0 Å². The quantitative estimate of drug-likeness (QED) is 0.307. The van der Waals surface area contributed by atoms with Gasteiger partial charge in [0.25, 0.3) is 0 Å². The number of fused-ring (bicyclic) bond motifs is 1. The van der Waals surface area contributed by atoms with Gasteiger partial charge in [0.05, 0.1) is 11.3 Å². The fraction of sp³-hybridized carbons (Fsp3) is 0.435. The molecule has 0 bridgehead atoms. The van der Waals surface area contributed by atoms with E-state index in [2.05, 4.69) is 20.2 Å². The zero-order valence-corrected chi connectivity index (χ0v) is 20.6. The fourth-order valence-electron chi connectivity index (χ4n) is 4.58. The smallest absolute Gasteiger partial charge is 0.479 e. The number of anilines is 2. The summed E-state index contributed by atoms with van der Waals surface area (Å²) in [6.45, 7) is 1.68. The number of nitrogens with zero attached hydrogens (tertiary/aromatic N) is 5. The first-order valence-electron chi connectivity index (χ1n) is 11.2. The molecule has 0 aliphatic carbocycles. The zero-order chi connectivity index (χ0) is 27.0. The van der Waals surface area contributed by atoms with Gasteiger partial charge in [-0.3, -0.25) is 0 Å². The monoisotopic (exact) mass is 525 g/mol. The van der Waals surface area contributed by atoms with Crippen LogP contribution < -0.4 is 20.1 Å². The maximum atomic E-state index is 12.7. The van der Waals surface area contributed by atoms with Crippen LogP contribution in [0.15, 0.2) is 57.9 Å². The number of halogens is 3. The molecule has 0 saturated carbocycles. The van der Waals surface area contributed by atoms with Gasteiger partial charge >= 0.3 is 6.36 Å². The molecule has 0 saturated heterocycles. The maximum absolute atomic E-state index is 12.7. The van der Waals surface area contributed by atoms with Crippen molar-refractivity contribution in [1.82, 2.24) is 0 Å². The summed E-state index contributed by atoms with van der Waals surface area (Å²) in [5.41, 5.74) is 6.09. The second kappa shape index (κ2) is 9.78. The van der Waals surface area contributed by atoms with Gasteiger partial charge in [-0.15, -0.1) is 13.2 Å². The molecule has 0 fully saturated rings. The molecule has 200 valence electrons. The Morgan fingerprint density at radius 2 is 1.86 bits per heavy atom. The first kappa shape index (κ1) is 26.6. The summed E-state index contributed by atoms with van der Waals surface area (Å²) in [4.78, 5) is 1.74. The van der Waals surface area contributed by atoms with Gasteiger partial charge in [0.1, 0.15) is 24.7 Å². The van der Waals surface area contributed by atoms with Crippen LogP contribution in [0.3, 0.4) is 0 Å². The van der Waals surface area contributed by atoms with E-state index in [0.29, 0.717) is 22.7 Å². The number of ether oxygens (including phenoxy) is 4. The molecule has 4 atom stereocenters. The van der Waals surface area contributed by atoms with Crippen molar-refractivity contribution in [2.45, 2.75) is 37.3 Å². The summed E-state index contributed by atoms with van der Waals surface area (Å²) in [6, 6.07) is 9.40. The number of methoxy groups -OCH3 is 2. The van der Waals surface area contributed by atoms with Gasteiger partial charge in [-0.25, -0.2) is 0 Å². The van der Waals surface area contributed by atoms with E-state index in [9.17, 15) is 18.3 Å². The van der Waals surface area contributed by atoms with Crippen molar-refractivity contribution in [1.29, 1.82) is 0 Å². The minimum absolute atomic E-state index is 0.0378. The van der Waals surface area contributed by atoms with E-state index in [1.807, 2.05) is 0 Å². The Labute approximate surface area is 211 Å². The zero-order valence-electron chi connectivity index (χ0n) is 20.6. The van der Waals surface area contributed by atoms with Gasteiger partial charge in [0.15, 0.2) is 11.9 Å². The molecule has 14 heteroatoms. The first-order chi connectivity index (χ1) is 17.4. The number of aliphatic hydroxyl groups excluding tert-OH is 1. The third-order valence-electron chi connectivity index (χ3n) is 6.22. The first-order valence-corrected chi connectivity index (χ1v) is 11.2. The number of hydrogen-bond donors (Lipinski definition) is 2. The maximum Gasteiger partial charge on any atom is 0.573 e. The number of alkyl halides is 3. The van der Waals surface area contributed by atoms with Crippen molar-refractivity contribution in [3.8, 4) is 11.5 Å². The molecule has 0 aromatic heterocycles. The van der Waals surface area contributed by atoms with E-state index >= 15 is 0 Å². The highest BCUT2D eigenvalue weighted by molar-refractivity contribution is 5.58. The Kier molecular flexibility index (Phi) is 7.03. The van der Waals surface area contributed by atoms with E-state index in [-0.39, 0.29) is 11.4 Å². The van der Waals surface area contributed by atoms with Crippen LogP contribution in [0.5, 0.6) is 11.5 Å². The lowest BCUT2D eigenvalue weighted by Crippen LogP contribution is -2.63. The lowest BCUT2D eigenvalue weighted by Gasteiger charge is -2.49. The molecule has 3 N–H and O–H groups in total. The van der Waals surface area contributed by atoms with E-state index in [4.69, 9.17) is 19.9 Å². The second-order valence-electron chi connectivity index (χ2n) is 8.95. The molecule has 4 rings (SSSR count). The van der Waals surface area contributed by atoms with Crippen LogP contribution in [0.4, 0.5) is 24.5 Å². The average molecular weight is 526 g/mol. The van der Waals surface area contributed by atoms with Gasteiger partial charge in [-0.2, -0.15) is 0 Å². The van der Waals surface area contributed by atoms with Crippen molar-refractivity contribution in [2.75, 3.05) is 38.6 Å². The highest BCUT2D eigenvalue weighted by atomic mass is 19.4. The molecular formula is C23H28F3N6O5+. The van der Waals surface area contributed by atoms with Gasteiger partial charge in [0.2, 0.25) is 13.0 Å². The predicted molar refractivity (Wildman–Crippen MR) is 126 cm³/mol. The van der Waals surface area contributed by atoms with Crippen molar-refractivity contribution < 1.29 is 41.9 Å². The molecule has 1 unspecified atom stereocenters. The lowest BCUT2D eigenvalue weighted by molar-refractivity contribution is -0.923. The highest BCUT2D eigenvalue weighted by Gasteiger charge is 2.55. The number of quaternary nitrogens is 1. The van der Waals surface area contributed by atoms with E-state index in [0.717, 1.165) is 0 Å². The van der Waals surface area contributed by atoms with Gasteiger partial charge < -0.3 is 34.7 Å². The van der Waals surface area contributed by atoms with Crippen LogP contribution >= 0.6 is 0 Å². The summed E-state index contributed by atoms with van der Waals surface area (Å²) in [5, 5.41) is 24.1. The molecule has 0 spiro atoms. The predicted octanol–water partition coefficient (Wildman–Crippen LogP) is 3.57. The number of rotatable bonds is 8. The number of hydrogen-bond acceptors (Lipinski definition) is 10. The summed E-state index contributed by atoms with van der Waals surface area (Å²) in [5.74, 6) is 0.0265. The number of benzene rings is 2. The number of aliphatic hydroxyl groups is 1. The molecule has 37 heavy (non-hydrogen) atoms. The Bertz CT molecular complexity index is 1160. The van der Waals surface area contributed by atoms with E-state index in [1.54, 1.807) is 37.1 Å². The van der Waals surface area contributed by atoms with Crippen molar-refractivity contribution in [2.24, 2.45) is 15.4 Å². The third-order valence-corrected chi connectivity index (χ3v) is 6.22. The highest BCUT2D eigenvalue weighted by Crippen LogP contribution is 2.47. The van der Waals surface area contributed by atoms with Gasteiger partial charge in [-0.05, 0) is 59.2 Å². The van der Waals surface area contributed by atoms with Crippen molar-refractivity contribution >= 4 is 17.7 Å². The number of nitrogen functional groups attached to an aromatic ring is 1. The Hall–Kier alpha value is -3.46. The minimum Gasteiger partial charge on any atom is -0.479 e. The van der Waals surface area contributed by atoms with Crippen LogP contribution in [0.1, 0.15) is 18.5 Å². The summed E-state index contributed by atoms with van der Waals surface area (Å²) < 4.78 is 59.1. The molecule has 2 aromatic carbocycles. The molecule has 2 aliphatic rings. The average Bonchev–Trinajstić information content (AvgIpc) is 3.26. The largest absolute Gasteiger partial charge is 0.573 e. The number of nitrogens with two attached hydrogens (primary N) is 1. The lowest BCUT2D eigenvalue weighted by atomic mass is 9.83. The SMILES string of the molecule is COC(OC)[C@]1(C)Oc2ccc(N)cc2[C@@H](N(C[N+]2(C)N=CN=N2)c2ccc(OC(F)(F)F)cc2)[C@@H]1O. The molecule has 2 heterocycles. The van der Waals surface area contributed by atoms with Crippen LogP contribution in [0.25, 0.3) is 0 Å². The Morgan fingerprint density at radius 3 is 2.43 bits per heavy atom. The molecular weight excluding hydrogens is 497 g/mol. The topological polar surface area (TPSA) is 123 Å². The Morgan fingerprint density at radius 1 is 1.19 bits per heavy atom. The molecule has 2 aromatic rings. The molecule has 11 nitrogen and oxygen atoms in total. The fourth-order valence-corrected chi connectivity index (χ4v) is 4.58. The van der Waals surface area contributed by atoms with Crippen LogP contribution in [-0.2, 0) is 9.47 Å². The van der Waals surface area contributed by atoms with Crippen molar-refractivity contribution in [3.63, 3.8) is 0 Å².